The van der Waals surface area contributed by atoms with Crippen molar-refractivity contribution >= 4 is 23.2 Å². The Labute approximate surface area is 132 Å². The zero-order valence-electron chi connectivity index (χ0n) is 12.1. The summed E-state index contributed by atoms with van der Waals surface area (Å²) in [5, 5.41) is 4.97. The summed E-state index contributed by atoms with van der Waals surface area (Å²) in [6, 6.07) is 6.08. The molecule has 0 heterocycles. The fraction of sp³-hybridized carbons (Fsp3) is 0.529. The van der Waals surface area contributed by atoms with Crippen LogP contribution in [-0.4, -0.2) is 13.1 Å². The summed E-state index contributed by atoms with van der Waals surface area (Å²) in [7, 11) is 2.02. The second-order valence-electron chi connectivity index (χ2n) is 5.48. The molecule has 0 bridgehead atoms. The molecule has 0 aliphatic heterocycles. The van der Waals surface area contributed by atoms with Gasteiger partial charge in [0.25, 0.3) is 0 Å². The van der Waals surface area contributed by atoms with E-state index in [2.05, 4.69) is 11.4 Å². The van der Waals surface area contributed by atoms with Gasteiger partial charge in [0.1, 0.15) is 0 Å². The van der Waals surface area contributed by atoms with Crippen molar-refractivity contribution in [2.75, 3.05) is 7.05 Å². The Morgan fingerprint density at radius 3 is 2.50 bits per heavy atom. The molecule has 1 unspecified atom stereocenters. The largest absolute Gasteiger partial charge is 0.313 e. The summed E-state index contributed by atoms with van der Waals surface area (Å²) in [5.41, 5.74) is 2.57. The van der Waals surface area contributed by atoms with E-state index in [1.54, 1.807) is 0 Å². The molecule has 0 fully saturated rings. The standard InChI is InChI=1S/C17H23Cl2N/c1-20-17(13-8-5-3-2-4-6-9-13)12-14-15(18)10-7-11-16(14)19/h7-8,10-11,17,20H,2-6,9,12H2,1H3/b13-8+. The molecule has 1 aromatic carbocycles. The van der Waals surface area contributed by atoms with Gasteiger partial charge in [-0.3, -0.25) is 0 Å². The van der Waals surface area contributed by atoms with Gasteiger partial charge in [-0.15, -0.1) is 0 Å². The van der Waals surface area contributed by atoms with E-state index in [-0.39, 0.29) is 0 Å². The maximum absolute atomic E-state index is 6.30. The van der Waals surface area contributed by atoms with Crippen molar-refractivity contribution in [3.05, 3.63) is 45.5 Å². The highest BCUT2D eigenvalue weighted by molar-refractivity contribution is 6.36. The van der Waals surface area contributed by atoms with Gasteiger partial charge in [-0.25, -0.2) is 0 Å². The second kappa shape index (κ2) is 8.07. The van der Waals surface area contributed by atoms with Crippen molar-refractivity contribution in [3.8, 4) is 0 Å². The van der Waals surface area contributed by atoms with E-state index in [1.165, 1.54) is 44.1 Å². The predicted octanol–water partition coefficient (Wildman–Crippen LogP) is 5.40. The summed E-state index contributed by atoms with van der Waals surface area (Å²) in [5.74, 6) is 0. The average molecular weight is 312 g/mol. The van der Waals surface area contributed by atoms with Crippen molar-refractivity contribution in [2.45, 2.75) is 51.0 Å². The Hall–Kier alpha value is -0.500. The van der Waals surface area contributed by atoms with Crippen molar-refractivity contribution in [3.63, 3.8) is 0 Å². The molecule has 1 N–H and O–H groups in total. The van der Waals surface area contributed by atoms with E-state index in [1.807, 2.05) is 25.2 Å². The maximum Gasteiger partial charge on any atom is 0.0453 e. The van der Waals surface area contributed by atoms with E-state index < -0.39 is 0 Å². The lowest BCUT2D eigenvalue weighted by Gasteiger charge is -2.23. The van der Waals surface area contributed by atoms with Crippen LogP contribution in [0.4, 0.5) is 0 Å². The fourth-order valence-electron chi connectivity index (χ4n) is 2.88. The van der Waals surface area contributed by atoms with Gasteiger partial charge >= 0.3 is 0 Å². The molecule has 110 valence electrons. The molecule has 0 saturated heterocycles. The Morgan fingerprint density at radius 1 is 1.10 bits per heavy atom. The Balaban J connectivity index is 2.15. The molecule has 20 heavy (non-hydrogen) atoms. The highest BCUT2D eigenvalue weighted by atomic mass is 35.5. The third kappa shape index (κ3) is 4.25. The number of rotatable bonds is 4. The maximum atomic E-state index is 6.30. The lowest BCUT2D eigenvalue weighted by atomic mass is 9.91. The number of hydrogen-bond donors (Lipinski definition) is 1. The van der Waals surface area contributed by atoms with Crippen LogP contribution in [-0.2, 0) is 6.42 Å². The van der Waals surface area contributed by atoms with E-state index >= 15 is 0 Å². The van der Waals surface area contributed by atoms with Crippen molar-refractivity contribution in [1.82, 2.24) is 5.32 Å². The van der Waals surface area contributed by atoms with Gasteiger partial charge in [0, 0.05) is 16.1 Å². The van der Waals surface area contributed by atoms with Crippen LogP contribution < -0.4 is 5.32 Å². The first kappa shape index (κ1) is 15.9. The minimum Gasteiger partial charge on any atom is -0.313 e. The SMILES string of the molecule is CNC(Cc1c(Cl)cccc1Cl)/C1=C/CCCCCC1. The summed E-state index contributed by atoms with van der Waals surface area (Å²) in [6.45, 7) is 0. The predicted molar refractivity (Wildman–Crippen MR) is 88.8 cm³/mol. The van der Waals surface area contributed by atoms with Gasteiger partial charge in [-0.1, -0.05) is 53.8 Å². The number of benzene rings is 1. The van der Waals surface area contributed by atoms with Crippen molar-refractivity contribution in [2.24, 2.45) is 0 Å². The number of allylic oxidation sites excluding steroid dienone is 1. The molecule has 0 amide bonds. The first-order valence-electron chi connectivity index (χ1n) is 7.51. The van der Waals surface area contributed by atoms with Crippen LogP contribution in [0.5, 0.6) is 0 Å². The van der Waals surface area contributed by atoms with Gasteiger partial charge in [-0.05, 0) is 56.8 Å². The minimum absolute atomic E-state index is 0.338. The van der Waals surface area contributed by atoms with Gasteiger partial charge in [-0.2, -0.15) is 0 Å². The number of hydrogen-bond acceptors (Lipinski definition) is 1. The monoisotopic (exact) mass is 311 g/mol. The van der Waals surface area contributed by atoms with E-state index in [4.69, 9.17) is 23.2 Å². The second-order valence-corrected chi connectivity index (χ2v) is 6.29. The zero-order chi connectivity index (χ0) is 14.4. The lowest BCUT2D eigenvalue weighted by molar-refractivity contribution is 0.558. The molecule has 1 aromatic rings. The summed E-state index contributed by atoms with van der Waals surface area (Å²) in [6.07, 6.45) is 11.0. The molecule has 0 saturated carbocycles. The first-order chi connectivity index (χ1) is 9.72. The average Bonchev–Trinajstić information content (AvgIpc) is 2.39. The van der Waals surface area contributed by atoms with E-state index in [9.17, 15) is 0 Å². The number of halogens is 2. The van der Waals surface area contributed by atoms with Crippen LogP contribution in [0.25, 0.3) is 0 Å². The van der Waals surface area contributed by atoms with Gasteiger partial charge in [0.15, 0.2) is 0 Å². The zero-order valence-corrected chi connectivity index (χ0v) is 13.6. The smallest absolute Gasteiger partial charge is 0.0453 e. The molecule has 0 radical (unpaired) electrons. The quantitative estimate of drug-likeness (QED) is 0.734. The Kier molecular flexibility index (Phi) is 6.41. The highest BCUT2D eigenvalue weighted by Gasteiger charge is 2.17. The normalized spacial score (nSPS) is 20.6. The molecule has 0 spiro atoms. The van der Waals surface area contributed by atoms with Crippen LogP contribution in [0.2, 0.25) is 10.0 Å². The minimum atomic E-state index is 0.338. The third-order valence-corrected chi connectivity index (χ3v) is 4.80. The van der Waals surface area contributed by atoms with Crippen molar-refractivity contribution in [1.29, 1.82) is 0 Å². The number of likely N-dealkylation sites (N-methyl/N-ethyl adjacent to an activating group) is 1. The Bertz CT molecular complexity index is 448. The molecule has 1 nitrogen and oxygen atoms in total. The molecule has 0 aromatic heterocycles. The molecule has 1 aliphatic rings. The molecule has 3 heteroatoms. The van der Waals surface area contributed by atoms with Gasteiger partial charge in [0.05, 0.1) is 0 Å². The van der Waals surface area contributed by atoms with Gasteiger partial charge in [0.2, 0.25) is 0 Å². The van der Waals surface area contributed by atoms with Gasteiger partial charge < -0.3 is 5.32 Å². The van der Waals surface area contributed by atoms with Crippen LogP contribution in [0.3, 0.4) is 0 Å². The van der Waals surface area contributed by atoms with Crippen LogP contribution >= 0.6 is 23.2 Å². The lowest BCUT2D eigenvalue weighted by Crippen LogP contribution is -2.30. The topological polar surface area (TPSA) is 12.0 Å². The Morgan fingerprint density at radius 2 is 1.80 bits per heavy atom. The van der Waals surface area contributed by atoms with Crippen LogP contribution in [0.1, 0.15) is 44.1 Å². The van der Waals surface area contributed by atoms with Crippen LogP contribution in [0, 0.1) is 0 Å². The first-order valence-corrected chi connectivity index (χ1v) is 8.27. The highest BCUT2D eigenvalue weighted by Crippen LogP contribution is 2.28. The summed E-state index contributed by atoms with van der Waals surface area (Å²) >= 11 is 12.6. The summed E-state index contributed by atoms with van der Waals surface area (Å²) < 4.78 is 0. The molecule has 1 atom stereocenters. The fourth-order valence-corrected chi connectivity index (χ4v) is 3.43. The third-order valence-electron chi connectivity index (χ3n) is 4.09. The number of nitrogens with one attached hydrogen (secondary N) is 1. The van der Waals surface area contributed by atoms with E-state index in [0.29, 0.717) is 6.04 Å². The van der Waals surface area contributed by atoms with Crippen molar-refractivity contribution < 1.29 is 0 Å². The molecule has 2 rings (SSSR count). The molecular weight excluding hydrogens is 289 g/mol. The summed E-state index contributed by atoms with van der Waals surface area (Å²) in [4.78, 5) is 0. The van der Waals surface area contributed by atoms with E-state index in [0.717, 1.165) is 22.0 Å². The van der Waals surface area contributed by atoms with Crippen LogP contribution in [0.15, 0.2) is 29.8 Å². The molecule has 1 aliphatic carbocycles. The molecular formula is C17H23Cl2N.